The second-order valence-corrected chi connectivity index (χ2v) is 6.27. The first-order chi connectivity index (χ1) is 13.2. The summed E-state index contributed by atoms with van der Waals surface area (Å²) in [6, 6.07) is 26.5. The van der Waals surface area contributed by atoms with Gasteiger partial charge in [0.15, 0.2) is 0 Å². The zero-order chi connectivity index (χ0) is 18.6. The maximum absolute atomic E-state index is 12.9. The highest BCUT2D eigenvalue weighted by Crippen LogP contribution is 2.17. The van der Waals surface area contributed by atoms with E-state index < -0.39 is 0 Å². The van der Waals surface area contributed by atoms with Crippen LogP contribution in [0.2, 0.25) is 0 Å². The van der Waals surface area contributed by atoms with Crippen molar-refractivity contribution in [1.29, 1.82) is 0 Å². The van der Waals surface area contributed by atoms with Gasteiger partial charge < -0.3 is 9.73 Å². The topological polar surface area (TPSA) is 54.6 Å². The Morgan fingerprint density at radius 1 is 0.889 bits per heavy atom. The Morgan fingerprint density at radius 3 is 2.48 bits per heavy atom. The van der Waals surface area contributed by atoms with Crippen molar-refractivity contribution in [3.8, 4) is 0 Å². The Morgan fingerprint density at radius 2 is 1.67 bits per heavy atom. The predicted octanol–water partition coefficient (Wildman–Crippen LogP) is 5.23. The maximum atomic E-state index is 12.9. The van der Waals surface area contributed by atoms with E-state index in [4.69, 9.17) is 4.42 Å². The third-order valence-electron chi connectivity index (χ3n) is 4.16. The summed E-state index contributed by atoms with van der Waals surface area (Å²) in [5, 5.41) is 3.75. The molecule has 4 heteroatoms. The van der Waals surface area contributed by atoms with Gasteiger partial charge in [-0.25, -0.2) is 4.99 Å². The summed E-state index contributed by atoms with van der Waals surface area (Å²) in [6.07, 6.45) is 0. The first kappa shape index (κ1) is 16.8. The lowest BCUT2D eigenvalue weighted by atomic mass is 10.1. The molecule has 1 N–H and O–H groups in total. The molecule has 132 valence electrons. The van der Waals surface area contributed by atoms with Crippen LogP contribution in [0.1, 0.15) is 15.9 Å². The van der Waals surface area contributed by atoms with Gasteiger partial charge in [0.05, 0.1) is 5.69 Å². The van der Waals surface area contributed by atoms with E-state index >= 15 is 0 Å². The lowest BCUT2D eigenvalue weighted by Gasteiger charge is -2.07. The van der Waals surface area contributed by atoms with Gasteiger partial charge in [0, 0.05) is 11.1 Å². The highest BCUT2D eigenvalue weighted by Gasteiger charge is 2.13. The van der Waals surface area contributed by atoms with Crippen LogP contribution in [0.5, 0.6) is 0 Å². The lowest BCUT2D eigenvalue weighted by Crippen LogP contribution is -2.21. The molecule has 0 saturated carbocycles. The number of amides is 1. The molecular formula is C23H18N2O2. The second-order valence-electron chi connectivity index (χ2n) is 6.27. The first-order valence-corrected chi connectivity index (χ1v) is 8.70. The number of anilines is 1. The van der Waals surface area contributed by atoms with Crippen molar-refractivity contribution in [2.24, 2.45) is 4.99 Å². The van der Waals surface area contributed by atoms with E-state index in [0.717, 1.165) is 22.3 Å². The zero-order valence-electron chi connectivity index (χ0n) is 14.8. The van der Waals surface area contributed by atoms with Gasteiger partial charge >= 0.3 is 0 Å². The van der Waals surface area contributed by atoms with E-state index in [-0.39, 0.29) is 11.5 Å². The molecule has 0 aliphatic carbocycles. The fourth-order valence-electron chi connectivity index (χ4n) is 2.85. The Hall–Kier alpha value is -3.66. The largest absolute Gasteiger partial charge is 0.438 e. The molecule has 0 aliphatic rings. The number of rotatable bonds is 3. The van der Waals surface area contributed by atoms with E-state index in [0.29, 0.717) is 11.1 Å². The van der Waals surface area contributed by atoms with Gasteiger partial charge in [-0.2, -0.15) is 0 Å². The maximum Gasteiger partial charge on any atom is 0.261 e. The molecule has 0 radical (unpaired) electrons. The molecule has 0 saturated heterocycles. The fourth-order valence-corrected chi connectivity index (χ4v) is 2.85. The Kier molecular flexibility index (Phi) is 4.54. The van der Waals surface area contributed by atoms with E-state index in [2.05, 4.69) is 10.3 Å². The van der Waals surface area contributed by atoms with Gasteiger partial charge in [0.2, 0.25) is 5.55 Å². The van der Waals surface area contributed by atoms with Crippen molar-refractivity contribution in [3.63, 3.8) is 0 Å². The van der Waals surface area contributed by atoms with Crippen molar-refractivity contribution in [1.82, 2.24) is 0 Å². The van der Waals surface area contributed by atoms with Gasteiger partial charge in [-0.1, -0.05) is 48.5 Å². The number of carbonyl (C=O) groups is 1. The number of hydrogen-bond donors (Lipinski definition) is 1. The fraction of sp³-hybridized carbons (Fsp3) is 0.0435. The SMILES string of the molecule is Cc1cccc(N=c2oc3ccccc3cc2C(=O)Nc2ccccc2)c1. The third-order valence-corrected chi connectivity index (χ3v) is 4.16. The number of fused-ring (bicyclic) bond motifs is 1. The summed E-state index contributed by atoms with van der Waals surface area (Å²) in [4.78, 5) is 17.5. The number of para-hydroxylation sites is 2. The van der Waals surface area contributed by atoms with E-state index in [9.17, 15) is 4.79 Å². The zero-order valence-corrected chi connectivity index (χ0v) is 14.8. The molecule has 4 rings (SSSR count). The smallest absolute Gasteiger partial charge is 0.261 e. The molecule has 0 atom stereocenters. The molecule has 0 unspecified atom stereocenters. The lowest BCUT2D eigenvalue weighted by molar-refractivity contribution is 0.102. The Labute approximate surface area is 156 Å². The van der Waals surface area contributed by atoms with Crippen LogP contribution in [-0.4, -0.2) is 5.91 Å². The number of nitrogens with one attached hydrogen (secondary N) is 1. The minimum Gasteiger partial charge on any atom is -0.438 e. The van der Waals surface area contributed by atoms with Gasteiger partial charge in [0.1, 0.15) is 11.1 Å². The molecule has 0 fully saturated rings. The molecule has 27 heavy (non-hydrogen) atoms. The molecule has 3 aromatic carbocycles. The highest BCUT2D eigenvalue weighted by atomic mass is 16.3. The molecule has 1 heterocycles. The second kappa shape index (κ2) is 7.30. The summed E-state index contributed by atoms with van der Waals surface area (Å²) >= 11 is 0. The van der Waals surface area contributed by atoms with Crippen LogP contribution in [0.3, 0.4) is 0 Å². The summed E-state index contributed by atoms with van der Waals surface area (Å²) in [7, 11) is 0. The molecule has 4 aromatic rings. The van der Waals surface area contributed by atoms with Crippen molar-refractivity contribution in [2.45, 2.75) is 6.92 Å². The van der Waals surface area contributed by atoms with Gasteiger partial charge in [-0.05, 0) is 48.9 Å². The van der Waals surface area contributed by atoms with E-state index in [1.54, 1.807) is 0 Å². The van der Waals surface area contributed by atoms with Gasteiger partial charge in [0.25, 0.3) is 5.91 Å². The van der Waals surface area contributed by atoms with Crippen molar-refractivity contribution in [3.05, 3.63) is 102 Å². The molecular weight excluding hydrogens is 336 g/mol. The van der Waals surface area contributed by atoms with Crippen molar-refractivity contribution < 1.29 is 9.21 Å². The average molecular weight is 354 g/mol. The summed E-state index contributed by atoms with van der Waals surface area (Å²) in [5.41, 5.74) is 3.90. The standard InChI is InChI=1S/C23H18N2O2/c1-16-8-7-12-19(14-16)25-23-20(15-17-9-5-6-13-21(17)27-23)22(26)24-18-10-3-2-4-11-18/h2-15H,1H3,(H,24,26). The number of benzene rings is 3. The van der Waals surface area contributed by atoms with E-state index in [1.807, 2.05) is 91.9 Å². The minimum atomic E-state index is -0.262. The van der Waals surface area contributed by atoms with Crippen molar-refractivity contribution >= 4 is 28.3 Å². The van der Waals surface area contributed by atoms with E-state index in [1.165, 1.54) is 0 Å². The third kappa shape index (κ3) is 3.80. The first-order valence-electron chi connectivity index (χ1n) is 8.70. The number of aryl methyl sites for hydroxylation is 1. The van der Waals surface area contributed by atoms with Crippen LogP contribution in [0.15, 0.2) is 94.3 Å². The minimum absolute atomic E-state index is 0.262. The quantitative estimate of drug-likeness (QED) is 0.548. The van der Waals surface area contributed by atoms with Crippen LogP contribution in [0.25, 0.3) is 11.0 Å². The summed E-state index contributed by atoms with van der Waals surface area (Å²) in [5.74, 6) is -0.262. The Bertz CT molecular complexity index is 1180. The Balaban J connectivity index is 1.85. The highest BCUT2D eigenvalue weighted by molar-refractivity contribution is 6.05. The molecule has 4 nitrogen and oxygen atoms in total. The molecule has 0 bridgehead atoms. The molecule has 0 spiro atoms. The normalized spacial score (nSPS) is 11.5. The van der Waals surface area contributed by atoms with Crippen LogP contribution in [0.4, 0.5) is 11.4 Å². The summed E-state index contributed by atoms with van der Waals surface area (Å²) < 4.78 is 5.97. The number of nitrogens with zero attached hydrogens (tertiary/aromatic N) is 1. The van der Waals surface area contributed by atoms with Crippen molar-refractivity contribution in [2.75, 3.05) is 5.32 Å². The molecule has 1 amide bonds. The predicted molar refractivity (Wildman–Crippen MR) is 107 cm³/mol. The van der Waals surface area contributed by atoms with Crippen LogP contribution >= 0.6 is 0 Å². The number of carbonyl (C=O) groups excluding carboxylic acids is 1. The van der Waals surface area contributed by atoms with Crippen LogP contribution in [-0.2, 0) is 0 Å². The average Bonchev–Trinajstić information content (AvgIpc) is 2.68. The monoisotopic (exact) mass is 354 g/mol. The van der Waals surface area contributed by atoms with Crippen LogP contribution in [0, 0.1) is 6.92 Å². The molecule has 1 aromatic heterocycles. The van der Waals surface area contributed by atoms with Gasteiger partial charge in [-0.3, -0.25) is 4.79 Å². The molecule has 0 aliphatic heterocycles. The number of hydrogen-bond acceptors (Lipinski definition) is 3. The summed E-state index contributed by atoms with van der Waals surface area (Å²) in [6.45, 7) is 2.00. The van der Waals surface area contributed by atoms with Crippen LogP contribution < -0.4 is 10.9 Å². The van der Waals surface area contributed by atoms with Gasteiger partial charge in [-0.15, -0.1) is 0 Å².